The zero-order valence-corrected chi connectivity index (χ0v) is 18.5. The van der Waals surface area contributed by atoms with Gasteiger partial charge in [-0.05, 0) is 17.7 Å². The van der Waals surface area contributed by atoms with Gasteiger partial charge in [0.1, 0.15) is 5.76 Å². The molecular formula is C25H29N3O4. The minimum Gasteiger partial charge on any atom is -0.507 e. The Hall–Kier alpha value is -3.16. The molecule has 0 aromatic heterocycles. The van der Waals surface area contributed by atoms with Crippen molar-refractivity contribution in [2.24, 2.45) is 0 Å². The fourth-order valence-electron chi connectivity index (χ4n) is 4.24. The highest BCUT2D eigenvalue weighted by molar-refractivity contribution is 6.46. The molecule has 168 valence electrons. The summed E-state index contributed by atoms with van der Waals surface area (Å²) in [5, 5.41) is 11.1. The summed E-state index contributed by atoms with van der Waals surface area (Å²) in [5.74, 6) is -1.35. The van der Waals surface area contributed by atoms with Gasteiger partial charge in [0.25, 0.3) is 11.7 Å². The number of morpholine rings is 1. The van der Waals surface area contributed by atoms with E-state index in [4.69, 9.17) is 4.74 Å². The van der Waals surface area contributed by atoms with Crippen molar-refractivity contribution in [1.82, 2.24) is 9.80 Å². The Bertz CT molecular complexity index is 996. The molecule has 0 radical (unpaired) electrons. The number of aliphatic hydroxyl groups is 1. The molecular weight excluding hydrogens is 406 g/mol. The number of likely N-dealkylation sites (tertiary alicyclic amines) is 1. The van der Waals surface area contributed by atoms with Crippen molar-refractivity contribution in [1.29, 1.82) is 0 Å². The maximum Gasteiger partial charge on any atom is 0.295 e. The minimum absolute atomic E-state index is 0.139. The number of anilines is 1. The van der Waals surface area contributed by atoms with E-state index in [1.54, 1.807) is 29.2 Å². The van der Waals surface area contributed by atoms with Gasteiger partial charge >= 0.3 is 0 Å². The third kappa shape index (κ3) is 4.40. The van der Waals surface area contributed by atoms with Crippen LogP contribution in [-0.2, 0) is 14.3 Å². The molecule has 0 aliphatic carbocycles. The maximum atomic E-state index is 13.1. The highest BCUT2D eigenvalue weighted by Gasteiger charge is 2.46. The summed E-state index contributed by atoms with van der Waals surface area (Å²) in [7, 11) is 3.91. The minimum atomic E-state index is -0.644. The molecule has 2 aliphatic heterocycles. The molecule has 0 saturated carbocycles. The van der Waals surface area contributed by atoms with Crippen molar-refractivity contribution in [3.8, 4) is 0 Å². The van der Waals surface area contributed by atoms with Crippen LogP contribution in [0.15, 0.2) is 60.2 Å². The van der Waals surface area contributed by atoms with E-state index in [2.05, 4.69) is 4.90 Å². The number of amides is 1. The molecule has 1 N–H and O–H groups in total. The third-order valence-electron chi connectivity index (χ3n) is 6.07. The molecule has 2 aromatic rings. The Balaban J connectivity index is 1.72. The average Bonchev–Trinajstić information content (AvgIpc) is 3.08. The van der Waals surface area contributed by atoms with Gasteiger partial charge in [-0.1, -0.05) is 42.5 Å². The third-order valence-corrected chi connectivity index (χ3v) is 6.07. The van der Waals surface area contributed by atoms with Gasteiger partial charge in [0.05, 0.1) is 24.8 Å². The first-order chi connectivity index (χ1) is 15.5. The molecule has 0 bridgehead atoms. The molecule has 1 unspecified atom stereocenters. The average molecular weight is 436 g/mol. The number of rotatable bonds is 6. The molecule has 2 aliphatic rings. The number of benzene rings is 2. The van der Waals surface area contributed by atoms with Gasteiger partial charge in [-0.25, -0.2) is 0 Å². The van der Waals surface area contributed by atoms with Crippen LogP contribution in [0, 0.1) is 0 Å². The Kier molecular flexibility index (Phi) is 6.58. The zero-order valence-electron chi connectivity index (χ0n) is 18.5. The van der Waals surface area contributed by atoms with Crippen molar-refractivity contribution < 1.29 is 19.4 Å². The highest BCUT2D eigenvalue weighted by atomic mass is 16.5. The van der Waals surface area contributed by atoms with Crippen LogP contribution in [-0.4, -0.2) is 80.1 Å². The number of carbonyl (C=O) groups is 2. The fourth-order valence-corrected chi connectivity index (χ4v) is 4.24. The lowest BCUT2D eigenvalue weighted by Gasteiger charge is -2.31. The lowest BCUT2D eigenvalue weighted by molar-refractivity contribution is -0.140. The lowest BCUT2D eigenvalue weighted by atomic mass is 9.95. The molecule has 1 atom stereocenters. The van der Waals surface area contributed by atoms with Gasteiger partial charge in [-0.15, -0.1) is 0 Å². The van der Waals surface area contributed by atoms with Crippen LogP contribution < -0.4 is 4.90 Å². The Labute approximate surface area is 188 Å². The summed E-state index contributed by atoms with van der Waals surface area (Å²) in [4.78, 5) is 32.0. The molecule has 1 amide bonds. The molecule has 2 saturated heterocycles. The van der Waals surface area contributed by atoms with Gasteiger partial charge in [0.15, 0.2) is 0 Å². The summed E-state index contributed by atoms with van der Waals surface area (Å²) in [6.45, 7) is 3.99. The summed E-state index contributed by atoms with van der Waals surface area (Å²) < 4.78 is 5.41. The predicted octanol–water partition coefficient (Wildman–Crippen LogP) is 2.51. The Morgan fingerprint density at radius 1 is 1.00 bits per heavy atom. The van der Waals surface area contributed by atoms with E-state index in [-0.39, 0.29) is 11.3 Å². The number of ketones is 1. The molecule has 0 spiro atoms. The monoisotopic (exact) mass is 435 g/mol. The number of ether oxygens (including phenoxy) is 1. The molecule has 2 heterocycles. The first-order valence-electron chi connectivity index (χ1n) is 10.9. The van der Waals surface area contributed by atoms with Crippen molar-refractivity contribution >= 4 is 23.1 Å². The Morgan fingerprint density at radius 2 is 1.66 bits per heavy atom. The van der Waals surface area contributed by atoms with E-state index in [1.807, 2.05) is 49.3 Å². The highest BCUT2D eigenvalue weighted by Crippen LogP contribution is 2.39. The molecule has 4 rings (SSSR count). The molecule has 2 fully saturated rings. The topological polar surface area (TPSA) is 73.3 Å². The van der Waals surface area contributed by atoms with Crippen molar-refractivity contribution in [2.75, 3.05) is 58.4 Å². The smallest absolute Gasteiger partial charge is 0.295 e. The number of hydrogen-bond acceptors (Lipinski definition) is 6. The summed E-state index contributed by atoms with van der Waals surface area (Å²) in [6.07, 6.45) is 0. The van der Waals surface area contributed by atoms with Gasteiger partial charge in [0, 0.05) is 51.5 Å². The largest absolute Gasteiger partial charge is 0.507 e. The van der Waals surface area contributed by atoms with Crippen LogP contribution in [0.4, 0.5) is 5.69 Å². The van der Waals surface area contributed by atoms with Crippen LogP contribution in [0.3, 0.4) is 0 Å². The van der Waals surface area contributed by atoms with Crippen LogP contribution in [0.1, 0.15) is 17.2 Å². The van der Waals surface area contributed by atoms with Gasteiger partial charge in [-0.3, -0.25) is 14.5 Å². The zero-order chi connectivity index (χ0) is 22.7. The number of carbonyl (C=O) groups excluding carboxylic acids is 2. The summed E-state index contributed by atoms with van der Waals surface area (Å²) in [6, 6.07) is 16.0. The first kappa shape index (κ1) is 22.0. The fraction of sp³-hybridized carbons (Fsp3) is 0.360. The van der Waals surface area contributed by atoms with Gasteiger partial charge < -0.3 is 19.6 Å². The number of aliphatic hydroxyl groups excluding tert-OH is 1. The van der Waals surface area contributed by atoms with Crippen LogP contribution >= 0.6 is 0 Å². The normalized spacial score (nSPS) is 21.2. The summed E-state index contributed by atoms with van der Waals surface area (Å²) >= 11 is 0. The van der Waals surface area contributed by atoms with Crippen molar-refractivity contribution in [3.05, 3.63) is 71.3 Å². The van der Waals surface area contributed by atoms with E-state index >= 15 is 0 Å². The standard InChI is InChI=1S/C25H29N3O4/c1-26(2)20-10-8-18(9-11-20)22-21(23(29)19-6-4-3-5-7-19)24(30)25(31)28(22)13-12-27-14-16-32-17-15-27/h3-11,22,29H,12-17H2,1-2H3. The van der Waals surface area contributed by atoms with Crippen LogP contribution in [0.2, 0.25) is 0 Å². The quantitative estimate of drug-likeness (QED) is 0.427. The van der Waals surface area contributed by atoms with E-state index in [0.29, 0.717) is 31.9 Å². The van der Waals surface area contributed by atoms with E-state index < -0.39 is 17.7 Å². The second kappa shape index (κ2) is 9.54. The number of hydrogen-bond donors (Lipinski definition) is 1. The Morgan fingerprint density at radius 3 is 2.28 bits per heavy atom. The van der Waals surface area contributed by atoms with Crippen LogP contribution in [0.25, 0.3) is 5.76 Å². The molecule has 2 aromatic carbocycles. The van der Waals surface area contributed by atoms with Crippen molar-refractivity contribution in [2.45, 2.75) is 6.04 Å². The lowest BCUT2D eigenvalue weighted by Crippen LogP contribution is -2.42. The summed E-state index contributed by atoms with van der Waals surface area (Å²) in [5.41, 5.74) is 2.48. The van der Waals surface area contributed by atoms with Crippen molar-refractivity contribution in [3.63, 3.8) is 0 Å². The molecule has 7 heteroatoms. The first-order valence-corrected chi connectivity index (χ1v) is 10.9. The second-order valence-electron chi connectivity index (χ2n) is 8.30. The number of nitrogens with zero attached hydrogens (tertiary/aromatic N) is 3. The SMILES string of the molecule is CN(C)c1ccc(C2C(=C(O)c3ccccc3)C(=O)C(=O)N2CCN2CCOCC2)cc1. The van der Waals surface area contributed by atoms with Gasteiger partial charge in [-0.2, -0.15) is 0 Å². The molecule has 7 nitrogen and oxygen atoms in total. The predicted molar refractivity (Wildman–Crippen MR) is 123 cm³/mol. The van der Waals surface area contributed by atoms with E-state index in [1.165, 1.54) is 0 Å². The van der Waals surface area contributed by atoms with E-state index in [0.717, 1.165) is 24.3 Å². The van der Waals surface area contributed by atoms with Crippen LogP contribution in [0.5, 0.6) is 0 Å². The maximum absolute atomic E-state index is 13.1. The second-order valence-corrected chi connectivity index (χ2v) is 8.30. The molecule has 32 heavy (non-hydrogen) atoms. The van der Waals surface area contributed by atoms with Gasteiger partial charge in [0.2, 0.25) is 0 Å². The number of Topliss-reactive ketones (excluding diaryl/α,β-unsaturated/α-hetero) is 1. The van der Waals surface area contributed by atoms with E-state index in [9.17, 15) is 14.7 Å².